The Labute approximate surface area is 324 Å². The van der Waals surface area contributed by atoms with Crippen LogP contribution in [0.3, 0.4) is 0 Å². The fraction of sp³-hybridized carbons (Fsp3) is 0.0182. The molecule has 10 aromatic carbocycles. The molecule has 1 nitrogen and oxygen atoms in total. The Morgan fingerprint density at radius 2 is 0.964 bits per heavy atom. The largest absolute Gasteiger partial charge is 0.455 e. The van der Waals surface area contributed by atoms with Crippen LogP contribution in [0.25, 0.3) is 87.6 Å². The van der Waals surface area contributed by atoms with E-state index in [2.05, 4.69) is 206 Å². The highest BCUT2D eigenvalue weighted by atomic mass is 16.3. The van der Waals surface area contributed by atoms with Gasteiger partial charge < -0.3 is 4.42 Å². The van der Waals surface area contributed by atoms with E-state index in [1.165, 1.54) is 82.6 Å². The van der Waals surface area contributed by atoms with Gasteiger partial charge in [0.05, 0.1) is 5.41 Å². The van der Waals surface area contributed by atoms with Crippen LogP contribution in [0.2, 0.25) is 0 Å². The Kier molecular flexibility index (Phi) is 6.62. The number of furan rings is 1. The molecule has 11 aromatic rings. The number of rotatable bonds is 4. The summed E-state index contributed by atoms with van der Waals surface area (Å²) >= 11 is 0. The van der Waals surface area contributed by atoms with Crippen molar-refractivity contribution in [2.45, 2.75) is 5.41 Å². The van der Waals surface area contributed by atoms with Crippen molar-refractivity contribution < 1.29 is 4.42 Å². The van der Waals surface area contributed by atoms with Crippen molar-refractivity contribution in [3.05, 3.63) is 229 Å². The number of benzene rings is 10. The first-order valence-electron chi connectivity index (χ1n) is 19.4. The SMILES string of the molecule is c1ccc(C2(c3ccccc3)c3cc(-c4cccc5oc6c7ccccc7ccc6c45)ccc3-c3c2ccc2c(-c4ccc5ccccc5c4)cccc32)cc1. The summed E-state index contributed by atoms with van der Waals surface area (Å²) in [6.45, 7) is 0. The average Bonchev–Trinajstić information content (AvgIpc) is 3.81. The number of hydrogen-bond donors (Lipinski definition) is 0. The molecule has 0 amide bonds. The molecule has 1 aromatic heterocycles. The normalized spacial score (nSPS) is 13.1. The van der Waals surface area contributed by atoms with Gasteiger partial charge in [-0.1, -0.05) is 182 Å². The Morgan fingerprint density at radius 1 is 0.339 bits per heavy atom. The van der Waals surface area contributed by atoms with Gasteiger partial charge in [0.2, 0.25) is 0 Å². The summed E-state index contributed by atoms with van der Waals surface area (Å²) in [6, 6.07) is 75.9. The van der Waals surface area contributed by atoms with E-state index in [9.17, 15) is 0 Å². The highest BCUT2D eigenvalue weighted by molar-refractivity contribution is 6.19. The van der Waals surface area contributed by atoms with Crippen molar-refractivity contribution in [2.75, 3.05) is 0 Å². The lowest BCUT2D eigenvalue weighted by Crippen LogP contribution is -2.28. The minimum atomic E-state index is -0.543. The molecule has 0 saturated heterocycles. The molecule has 0 fully saturated rings. The first-order valence-corrected chi connectivity index (χ1v) is 19.4. The molecule has 0 radical (unpaired) electrons. The fourth-order valence-electron chi connectivity index (χ4n) is 9.91. The minimum absolute atomic E-state index is 0.543. The van der Waals surface area contributed by atoms with E-state index >= 15 is 0 Å². The molecule has 12 rings (SSSR count). The van der Waals surface area contributed by atoms with Gasteiger partial charge in [-0.25, -0.2) is 0 Å². The predicted octanol–water partition coefficient (Wildman–Crippen LogP) is 14.7. The third kappa shape index (κ3) is 4.31. The van der Waals surface area contributed by atoms with Crippen molar-refractivity contribution in [3.63, 3.8) is 0 Å². The summed E-state index contributed by atoms with van der Waals surface area (Å²) in [5, 5.41) is 9.65. The van der Waals surface area contributed by atoms with Gasteiger partial charge >= 0.3 is 0 Å². The maximum atomic E-state index is 6.67. The van der Waals surface area contributed by atoms with Gasteiger partial charge in [-0.05, 0) is 107 Å². The van der Waals surface area contributed by atoms with Gasteiger partial charge in [-0.2, -0.15) is 0 Å². The van der Waals surface area contributed by atoms with Crippen LogP contribution in [0.4, 0.5) is 0 Å². The highest BCUT2D eigenvalue weighted by Crippen LogP contribution is 2.59. The van der Waals surface area contributed by atoms with Gasteiger partial charge in [0, 0.05) is 16.2 Å². The second-order valence-corrected chi connectivity index (χ2v) is 15.1. The molecule has 1 heterocycles. The summed E-state index contributed by atoms with van der Waals surface area (Å²) in [7, 11) is 0. The van der Waals surface area contributed by atoms with Crippen molar-refractivity contribution in [1.29, 1.82) is 0 Å². The lowest BCUT2D eigenvalue weighted by Gasteiger charge is -2.34. The van der Waals surface area contributed by atoms with Crippen LogP contribution in [-0.2, 0) is 5.41 Å². The van der Waals surface area contributed by atoms with E-state index in [1.54, 1.807) is 0 Å². The van der Waals surface area contributed by atoms with Crippen LogP contribution < -0.4 is 0 Å². The highest BCUT2D eigenvalue weighted by Gasteiger charge is 2.47. The molecule has 0 unspecified atom stereocenters. The lowest BCUT2D eigenvalue weighted by molar-refractivity contribution is 0.673. The molecule has 0 bridgehead atoms. The molecule has 1 heteroatoms. The maximum Gasteiger partial charge on any atom is 0.143 e. The molecule has 1 aliphatic carbocycles. The van der Waals surface area contributed by atoms with Gasteiger partial charge in [0.1, 0.15) is 11.2 Å². The lowest BCUT2D eigenvalue weighted by atomic mass is 9.67. The zero-order chi connectivity index (χ0) is 36.8. The van der Waals surface area contributed by atoms with E-state index in [4.69, 9.17) is 4.42 Å². The number of fused-ring (bicyclic) bond motifs is 11. The molecular weight excluding hydrogens is 677 g/mol. The van der Waals surface area contributed by atoms with Gasteiger partial charge in [0.15, 0.2) is 0 Å². The van der Waals surface area contributed by atoms with Crippen LogP contribution >= 0.6 is 0 Å². The van der Waals surface area contributed by atoms with Gasteiger partial charge in [-0.3, -0.25) is 0 Å². The molecule has 0 aliphatic heterocycles. The van der Waals surface area contributed by atoms with Crippen LogP contribution in [0.15, 0.2) is 211 Å². The Balaban J connectivity index is 1.16. The zero-order valence-corrected chi connectivity index (χ0v) is 30.5. The van der Waals surface area contributed by atoms with Crippen molar-refractivity contribution >= 4 is 54.3 Å². The monoisotopic (exact) mass is 710 g/mol. The van der Waals surface area contributed by atoms with Gasteiger partial charge in [-0.15, -0.1) is 0 Å². The van der Waals surface area contributed by atoms with E-state index in [0.717, 1.165) is 27.3 Å². The zero-order valence-electron chi connectivity index (χ0n) is 30.5. The Bertz CT molecular complexity index is 3310. The molecule has 0 atom stereocenters. The fourth-order valence-corrected chi connectivity index (χ4v) is 9.91. The standard InChI is InChI=1S/C55H34O/c1-3-16-40(17-4-1)55(41-18-5-2-6-19-41)49-32-31-45-42(38-26-25-35-13-7-8-15-37(35)33-38)21-11-23-46(45)52(49)47-29-28-39(34-50(47)55)43-22-12-24-51-53(43)48-30-27-36-14-9-10-20-44(36)54(48)56-51/h1-34H. The Morgan fingerprint density at radius 3 is 1.79 bits per heavy atom. The first-order chi connectivity index (χ1) is 27.8. The average molecular weight is 711 g/mol. The molecule has 56 heavy (non-hydrogen) atoms. The third-order valence-corrected chi connectivity index (χ3v) is 12.3. The molecule has 1 aliphatic rings. The van der Waals surface area contributed by atoms with Crippen LogP contribution in [0.1, 0.15) is 22.3 Å². The third-order valence-electron chi connectivity index (χ3n) is 12.3. The summed E-state index contributed by atoms with van der Waals surface area (Å²) in [4.78, 5) is 0. The second kappa shape index (κ2) is 11.9. The molecule has 0 saturated carbocycles. The smallest absolute Gasteiger partial charge is 0.143 e. The summed E-state index contributed by atoms with van der Waals surface area (Å²) < 4.78 is 6.67. The predicted molar refractivity (Wildman–Crippen MR) is 234 cm³/mol. The Hall–Kier alpha value is -7.22. The van der Waals surface area contributed by atoms with Crippen molar-refractivity contribution in [3.8, 4) is 33.4 Å². The molecule has 260 valence electrons. The van der Waals surface area contributed by atoms with Crippen LogP contribution in [0.5, 0.6) is 0 Å². The van der Waals surface area contributed by atoms with Crippen LogP contribution in [0, 0.1) is 0 Å². The maximum absolute atomic E-state index is 6.67. The molecule has 0 spiro atoms. The van der Waals surface area contributed by atoms with E-state index in [0.29, 0.717) is 0 Å². The molecular formula is C55H34O. The summed E-state index contributed by atoms with van der Waals surface area (Å²) in [5.41, 5.74) is 13.8. The second-order valence-electron chi connectivity index (χ2n) is 15.1. The summed E-state index contributed by atoms with van der Waals surface area (Å²) in [5.74, 6) is 0. The van der Waals surface area contributed by atoms with Crippen molar-refractivity contribution in [2.24, 2.45) is 0 Å². The minimum Gasteiger partial charge on any atom is -0.455 e. The van der Waals surface area contributed by atoms with E-state index < -0.39 is 5.41 Å². The molecule has 0 N–H and O–H groups in total. The number of hydrogen-bond acceptors (Lipinski definition) is 1. The van der Waals surface area contributed by atoms with Gasteiger partial charge in [0.25, 0.3) is 0 Å². The van der Waals surface area contributed by atoms with Crippen LogP contribution in [-0.4, -0.2) is 0 Å². The quantitative estimate of drug-likeness (QED) is 0.177. The van der Waals surface area contributed by atoms with E-state index in [1.807, 2.05) is 0 Å². The first kappa shape index (κ1) is 31.2. The van der Waals surface area contributed by atoms with E-state index in [-0.39, 0.29) is 0 Å². The van der Waals surface area contributed by atoms with Crippen molar-refractivity contribution in [1.82, 2.24) is 0 Å². The summed E-state index contributed by atoms with van der Waals surface area (Å²) in [6.07, 6.45) is 0. The topological polar surface area (TPSA) is 13.1 Å².